The van der Waals surface area contributed by atoms with Gasteiger partial charge in [-0.1, -0.05) is 50.6 Å². The van der Waals surface area contributed by atoms with Crippen molar-refractivity contribution in [3.05, 3.63) is 77.6 Å². The zero-order valence-corrected chi connectivity index (χ0v) is 19.6. The van der Waals surface area contributed by atoms with Crippen LogP contribution in [0.1, 0.15) is 54.9 Å². The Kier molecular flexibility index (Phi) is 6.78. The summed E-state index contributed by atoms with van der Waals surface area (Å²) in [6.07, 6.45) is 4.13. The second kappa shape index (κ2) is 9.90. The Morgan fingerprint density at radius 1 is 1.00 bits per heavy atom. The molecule has 3 aromatic carbocycles. The SMILES string of the molecule is CCCCc1nc2cccc(NCCC)c2n1-c1ccc(-c2ccccc2C(=O)O)c(C)c1. The highest BCUT2D eigenvalue weighted by Gasteiger charge is 2.18. The normalized spacial score (nSPS) is 11.1. The van der Waals surface area contributed by atoms with Gasteiger partial charge in [0.25, 0.3) is 0 Å². The molecule has 0 radical (unpaired) electrons. The van der Waals surface area contributed by atoms with E-state index in [2.05, 4.69) is 54.1 Å². The molecule has 0 bridgehead atoms. The molecule has 0 aliphatic carbocycles. The lowest BCUT2D eigenvalue weighted by Gasteiger charge is -2.16. The lowest BCUT2D eigenvalue weighted by Crippen LogP contribution is -2.06. The Balaban J connectivity index is 1.88. The number of hydrogen-bond acceptors (Lipinski definition) is 3. The third-order valence-electron chi connectivity index (χ3n) is 5.98. The Morgan fingerprint density at radius 3 is 2.55 bits per heavy atom. The van der Waals surface area contributed by atoms with Crippen LogP contribution in [0, 0.1) is 6.92 Å². The maximum atomic E-state index is 11.8. The van der Waals surface area contributed by atoms with Crippen molar-refractivity contribution in [1.29, 1.82) is 0 Å². The Hall–Kier alpha value is -3.60. The Bertz CT molecular complexity index is 1290. The maximum absolute atomic E-state index is 11.8. The average Bonchev–Trinajstić information content (AvgIpc) is 3.20. The van der Waals surface area contributed by atoms with Crippen LogP contribution in [0.3, 0.4) is 0 Å². The summed E-state index contributed by atoms with van der Waals surface area (Å²) in [7, 11) is 0. The summed E-state index contributed by atoms with van der Waals surface area (Å²) in [5.74, 6) is 0.138. The van der Waals surface area contributed by atoms with Crippen molar-refractivity contribution < 1.29 is 9.90 Å². The number of hydrogen-bond donors (Lipinski definition) is 2. The number of fused-ring (bicyclic) bond motifs is 1. The molecule has 1 aromatic heterocycles. The number of carboxylic acid groups (broad SMARTS) is 1. The number of unbranched alkanes of at least 4 members (excludes halogenated alkanes) is 1. The molecule has 0 spiro atoms. The van der Waals surface area contributed by atoms with Crippen LogP contribution in [0.15, 0.2) is 60.7 Å². The minimum Gasteiger partial charge on any atom is -0.478 e. The number of benzene rings is 3. The van der Waals surface area contributed by atoms with Crippen molar-refractivity contribution in [2.75, 3.05) is 11.9 Å². The van der Waals surface area contributed by atoms with E-state index in [1.807, 2.05) is 25.1 Å². The highest BCUT2D eigenvalue weighted by Crippen LogP contribution is 2.33. The molecule has 170 valence electrons. The van der Waals surface area contributed by atoms with Crippen LogP contribution in [0.5, 0.6) is 0 Å². The van der Waals surface area contributed by atoms with Gasteiger partial charge in [0.2, 0.25) is 0 Å². The van der Waals surface area contributed by atoms with Gasteiger partial charge < -0.3 is 10.4 Å². The summed E-state index contributed by atoms with van der Waals surface area (Å²) in [5, 5.41) is 13.2. The van der Waals surface area contributed by atoms with Gasteiger partial charge >= 0.3 is 5.97 Å². The fraction of sp³-hybridized carbons (Fsp3) is 0.286. The van der Waals surface area contributed by atoms with Crippen LogP contribution in [0.4, 0.5) is 5.69 Å². The summed E-state index contributed by atoms with van der Waals surface area (Å²) in [6.45, 7) is 7.30. The number of rotatable bonds is 9. The largest absolute Gasteiger partial charge is 0.478 e. The van der Waals surface area contributed by atoms with Gasteiger partial charge in [0.05, 0.1) is 22.3 Å². The summed E-state index contributed by atoms with van der Waals surface area (Å²) in [4.78, 5) is 16.7. The van der Waals surface area contributed by atoms with Crippen LogP contribution in [-0.2, 0) is 6.42 Å². The van der Waals surface area contributed by atoms with Crippen molar-refractivity contribution in [2.24, 2.45) is 0 Å². The molecule has 2 N–H and O–H groups in total. The zero-order chi connectivity index (χ0) is 23.4. The number of nitrogens with one attached hydrogen (secondary N) is 1. The maximum Gasteiger partial charge on any atom is 0.336 e. The number of imidazole rings is 1. The third kappa shape index (κ3) is 4.49. The van der Waals surface area contributed by atoms with Crippen molar-refractivity contribution in [3.8, 4) is 16.8 Å². The molecular weight excluding hydrogens is 410 g/mol. The summed E-state index contributed by atoms with van der Waals surface area (Å²) >= 11 is 0. The van der Waals surface area contributed by atoms with Gasteiger partial charge in [-0.2, -0.15) is 0 Å². The van der Waals surface area contributed by atoms with Gasteiger partial charge in [0, 0.05) is 18.7 Å². The van der Waals surface area contributed by atoms with E-state index >= 15 is 0 Å². The number of carbonyl (C=O) groups is 1. The Labute approximate surface area is 195 Å². The summed E-state index contributed by atoms with van der Waals surface area (Å²) in [6, 6.07) is 19.7. The number of nitrogens with zero attached hydrogens (tertiary/aromatic N) is 2. The average molecular weight is 442 g/mol. The lowest BCUT2D eigenvalue weighted by molar-refractivity contribution is 0.0697. The molecule has 0 saturated carbocycles. The van der Waals surface area contributed by atoms with Crippen molar-refractivity contribution in [1.82, 2.24) is 9.55 Å². The molecular formula is C28H31N3O2. The number of aryl methyl sites for hydroxylation is 2. The molecule has 33 heavy (non-hydrogen) atoms. The van der Waals surface area contributed by atoms with E-state index < -0.39 is 5.97 Å². The van der Waals surface area contributed by atoms with Gasteiger partial charge in [-0.25, -0.2) is 9.78 Å². The first kappa shape index (κ1) is 22.6. The van der Waals surface area contributed by atoms with E-state index in [1.54, 1.807) is 12.1 Å². The fourth-order valence-corrected chi connectivity index (χ4v) is 4.35. The third-order valence-corrected chi connectivity index (χ3v) is 5.98. The lowest BCUT2D eigenvalue weighted by atomic mass is 9.95. The second-order valence-corrected chi connectivity index (χ2v) is 8.42. The van der Waals surface area contributed by atoms with Crippen LogP contribution in [0.25, 0.3) is 27.8 Å². The van der Waals surface area contributed by atoms with Crippen LogP contribution in [-0.4, -0.2) is 27.2 Å². The van der Waals surface area contributed by atoms with Crippen molar-refractivity contribution in [2.45, 2.75) is 46.5 Å². The predicted molar refractivity (Wildman–Crippen MR) is 136 cm³/mol. The minimum atomic E-state index is -0.914. The molecule has 0 amide bonds. The van der Waals surface area contributed by atoms with E-state index in [4.69, 9.17) is 4.98 Å². The number of para-hydroxylation sites is 1. The zero-order valence-electron chi connectivity index (χ0n) is 19.6. The minimum absolute atomic E-state index is 0.316. The first-order valence-electron chi connectivity index (χ1n) is 11.7. The quantitative estimate of drug-likeness (QED) is 0.298. The molecule has 0 fully saturated rings. The molecule has 1 heterocycles. The Morgan fingerprint density at radius 2 is 1.82 bits per heavy atom. The van der Waals surface area contributed by atoms with Gasteiger partial charge in [-0.15, -0.1) is 0 Å². The van der Waals surface area contributed by atoms with Crippen molar-refractivity contribution in [3.63, 3.8) is 0 Å². The predicted octanol–water partition coefficient (Wildman–Crippen LogP) is 6.86. The second-order valence-electron chi connectivity index (χ2n) is 8.42. The molecule has 0 atom stereocenters. The number of carboxylic acids is 1. The van der Waals surface area contributed by atoms with E-state index in [0.29, 0.717) is 5.56 Å². The topological polar surface area (TPSA) is 67.2 Å². The van der Waals surface area contributed by atoms with E-state index in [9.17, 15) is 9.90 Å². The molecule has 0 unspecified atom stereocenters. The number of anilines is 1. The smallest absolute Gasteiger partial charge is 0.336 e. The first-order valence-corrected chi connectivity index (χ1v) is 11.7. The first-order chi connectivity index (χ1) is 16.0. The van der Waals surface area contributed by atoms with Gasteiger partial charge in [0.15, 0.2) is 0 Å². The summed E-state index contributed by atoms with van der Waals surface area (Å²) in [5.41, 5.74) is 7.22. The van der Waals surface area contributed by atoms with Crippen LogP contribution >= 0.6 is 0 Å². The van der Waals surface area contributed by atoms with E-state index in [1.165, 1.54) is 0 Å². The number of aromatic carboxylic acids is 1. The van der Waals surface area contributed by atoms with Crippen LogP contribution in [0.2, 0.25) is 0 Å². The van der Waals surface area contributed by atoms with Gasteiger partial charge in [-0.05, 0) is 66.8 Å². The molecule has 4 rings (SSSR count). The molecule has 5 nitrogen and oxygen atoms in total. The monoisotopic (exact) mass is 441 g/mol. The van der Waals surface area contributed by atoms with E-state index in [0.717, 1.165) is 77.2 Å². The molecule has 0 aliphatic heterocycles. The summed E-state index contributed by atoms with van der Waals surface area (Å²) < 4.78 is 2.27. The van der Waals surface area contributed by atoms with Crippen molar-refractivity contribution >= 4 is 22.7 Å². The van der Waals surface area contributed by atoms with Crippen LogP contribution < -0.4 is 5.32 Å². The molecule has 4 aromatic rings. The fourth-order valence-electron chi connectivity index (χ4n) is 4.35. The molecule has 0 saturated heterocycles. The van der Waals surface area contributed by atoms with Gasteiger partial charge in [0.1, 0.15) is 5.82 Å². The standard InChI is InChI=1S/C28H31N3O2/c1-4-6-14-26-30-25-13-9-12-24(29-17-5-2)27(25)31(26)20-15-16-21(19(3)18-20)22-10-7-8-11-23(22)28(32)33/h7-13,15-16,18,29H,4-6,14,17H2,1-3H3,(H,32,33). The number of aromatic nitrogens is 2. The van der Waals surface area contributed by atoms with E-state index in [-0.39, 0.29) is 0 Å². The molecule has 0 aliphatic rings. The highest BCUT2D eigenvalue weighted by atomic mass is 16.4. The molecule has 5 heteroatoms. The van der Waals surface area contributed by atoms with Gasteiger partial charge in [-0.3, -0.25) is 4.57 Å². The highest BCUT2D eigenvalue weighted by molar-refractivity contribution is 5.96.